The summed E-state index contributed by atoms with van der Waals surface area (Å²) in [5.41, 5.74) is 2.54. The topological polar surface area (TPSA) is 71.4 Å². The lowest BCUT2D eigenvalue weighted by atomic mass is 9.86. The fraction of sp³-hybridized carbons (Fsp3) is 0.381. The third-order valence-electron chi connectivity index (χ3n) is 4.33. The molecule has 1 N–H and O–H groups in total. The Bertz CT molecular complexity index is 957. The zero-order valence-corrected chi connectivity index (χ0v) is 17.6. The van der Waals surface area contributed by atoms with Gasteiger partial charge in [-0.25, -0.2) is 8.42 Å². The van der Waals surface area contributed by atoms with Gasteiger partial charge in [-0.15, -0.1) is 0 Å². The van der Waals surface area contributed by atoms with Crippen molar-refractivity contribution in [3.8, 4) is 5.75 Å². The number of benzene rings is 2. The predicted octanol–water partition coefficient (Wildman–Crippen LogP) is 4.70. The molecule has 2 aromatic rings. The highest BCUT2D eigenvalue weighted by molar-refractivity contribution is 7.89. The first-order valence-corrected chi connectivity index (χ1v) is 11.1. The first-order valence-electron chi connectivity index (χ1n) is 8.68. The minimum Gasteiger partial charge on any atom is -0.507 e. The average molecular weight is 409 g/mol. The summed E-state index contributed by atoms with van der Waals surface area (Å²) < 4.78 is 22.8. The Morgan fingerprint density at radius 2 is 1.78 bits per heavy atom. The molecule has 0 atom stereocenters. The normalized spacial score (nSPS) is 12.2. The van der Waals surface area contributed by atoms with E-state index in [0.717, 1.165) is 11.1 Å². The van der Waals surface area contributed by atoms with E-state index >= 15 is 0 Å². The van der Waals surface area contributed by atoms with E-state index in [2.05, 4.69) is 0 Å². The van der Waals surface area contributed by atoms with Crippen LogP contribution < -0.4 is 0 Å². The highest BCUT2D eigenvalue weighted by atomic mass is 35.5. The Hall–Kier alpha value is -1.85. The van der Waals surface area contributed by atoms with E-state index in [0.29, 0.717) is 22.6 Å². The van der Waals surface area contributed by atoms with Crippen molar-refractivity contribution in [2.24, 2.45) is 0 Å². The van der Waals surface area contributed by atoms with Crippen LogP contribution in [0.1, 0.15) is 54.2 Å². The standard InChI is InChI=1S/C21H25ClO4S/c1-21(2,3)16-8-9-17(20(24)12-16)19(23)10-7-15-6-5-14(11-18(15)22)13-27(4,25)26/h5-6,8-9,11-12,24H,7,10,13H2,1-4H3. The van der Waals surface area contributed by atoms with Gasteiger partial charge in [-0.2, -0.15) is 0 Å². The molecule has 0 saturated heterocycles. The number of carbonyl (C=O) groups is 1. The molecule has 27 heavy (non-hydrogen) atoms. The molecule has 2 aromatic carbocycles. The molecule has 2 rings (SSSR count). The van der Waals surface area contributed by atoms with Crippen molar-refractivity contribution >= 4 is 27.2 Å². The van der Waals surface area contributed by atoms with Gasteiger partial charge >= 0.3 is 0 Å². The van der Waals surface area contributed by atoms with Crippen molar-refractivity contribution < 1.29 is 18.3 Å². The van der Waals surface area contributed by atoms with Crippen LogP contribution >= 0.6 is 11.6 Å². The number of hydrogen-bond acceptors (Lipinski definition) is 4. The van der Waals surface area contributed by atoms with Crippen LogP contribution in [0.3, 0.4) is 0 Å². The van der Waals surface area contributed by atoms with Crippen molar-refractivity contribution in [3.05, 3.63) is 63.7 Å². The van der Waals surface area contributed by atoms with E-state index in [1.807, 2.05) is 26.8 Å². The fourth-order valence-corrected chi connectivity index (χ4v) is 3.89. The number of phenols is 1. The molecule has 0 saturated carbocycles. The lowest BCUT2D eigenvalue weighted by Crippen LogP contribution is -2.11. The van der Waals surface area contributed by atoms with Crippen molar-refractivity contribution in [3.63, 3.8) is 0 Å². The third kappa shape index (κ3) is 6.08. The molecule has 0 heterocycles. The van der Waals surface area contributed by atoms with E-state index < -0.39 is 9.84 Å². The second kappa shape index (κ2) is 8.03. The number of sulfone groups is 1. The molecule has 0 aliphatic heterocycles. The van der Waals surface area contributed by atoms with Gasteiger partial charge in [-0.3, -0.25) is 4.79 Å². The minimum atomic E-state index is -3.13. The number of aryl methyl sites for hydroxylation is 1. The smallest absolute Gasteiger partial charge is 0.166 e. The van der Waals surface area contributed by atoms with Crippen molar-refractivity contribution in [2.75, 3.05) is 6.26 Å². The van der Waals surface area contributed by atoms with Crippen LogP contribution in [-0.4, -0.2) is 25.6 Å². The summed E-state index contributed by atoms with van der Waals surface area (Å²) in [5, 5.41) is 10.7. The molecule has 0 fully saturated rings. The molecule has 6 heteroatoms. The fourth-order valence-electron chi connectivity index (χ4n) is 2.80. The van der Waals surface area contributed by atoms with Gasteiger partial charge in [0.05, 0.1) is 11.3 Å². The number of rotatable bonds is 6. The number of phenolic OH excluding ortho intramolecular Hbond substituents is 1. The van der Waals surface area contributed by atoms with Crippen LogP contribution in [-0.2, 0) is 27.4 Å². The number of Topliss-reactive ketones (excluding diaryl/α,β-unsaturated/α-hetero) is 1. The minimum absolute atomic E-state index is 0.0120. The molecular weight excluding hydrogens is 384 g/mol. The van der Waals surface area contributed by atoms with Gasteiger partial charge in [0.25, 0.3) is 0 Å². The van der Waals surface area contributed by atoms with E-state index in [1.165, 1.54) is 6.26 Å². The Kier molecular flexibility index (Phi) is 6.38. The van der Waals surface area contributed by atoms with E-state index in [1.54, 1.807) is 30.3 Å². The van der Waals surface area contributed by atoms with Crippen LogP contribution in [0, 0.1) is 0 Å². The summed E-state index contributed by atoms with van der Waals surface area (Å²) in [4.78, 5) is 12.5. The number of hydrogen-bond donors (Lipinski definition) is 1. The van der Waals surface area contributed by atoms with Crippen molar-refractivity contribution in [2.45, 2.75) is 44.8 Å². The Morgan fingerprint density at radius 3 is 2.30 bits per heavy atom. The van der Waals surface area contributed by atoms with Gasteiger partial charge in [0.1, 0.15) is 5.75 Å². The molecular formula is C21H25ClO4S. The van der Waals surface area contributed by atoms with E-state index in [4.69, 9.17) is 11.6 Å². The maximum Gasteiger partial charge on any atom is 0.166 e. The number of ketones is 1. The molecule has 0 unspecified atom stereocenters. The molecule has 0 amide bonds. The second-order valence-electron chi connectivity index (χ2n) is 7.90. The zero-order valence-electron chi connectivity index (χ0n) is 16.0. The molecule has 0 bridgehead atoms. The highest BCUT2D eigenvalue weighted by Gasteiger charge is 2.18. The van der Waals surface area contributed by atoms with Gasteiger partial charge < -0.3 is 5.11 Å². The van der Waals surface area contributed by atoms with Crippen molar-refractivity contribution in [1.29, 1.82) is 0 Å². The predicted molar refractivity (Wildman–Crippen MR) is 109 cm³/mol. The van der Waals surface area contributed by atoms with Crippen LogP contribution in [0.2, 0.25) is 5.02 Å². The second-order valence-corrected chi connectivity index (χ2v) is 10.4. The summed E-state index contributed by atoms with van der Waals surface area (Å²) in [5.74, 6) is -0.244. The van der Waals surface area contributed by atoms with E-state index in [9.17, 15) is 18.3 Å². The lowest BCUT2D eigenvalue weighted by Gasteiger charge is -2.19. The maximum absolute atomic E-state index is 12.5. The summed E-state index contributed by atoms with van der Waals surface area (Å²) in [6.45, 7) is 6.12. The van der Waals surface area contributed by atoms with Crippen LogP contribution in [0.5, 0.6) is 5.75 Å². The molecule has 0 aliphatic carbocycles. The van der Waals surface area contributed by atoms with Crippen LogP contribution in [0.25, 0.3) is 0 Å². The van der Waals surface area contributed by atoms with Gasteiger partial charge in [-0.1, -0.05) is 50.6 Å². The first kappa shape index (κ1) is 21.5. The van der Waals surface area contributed by atoms with Crippen LogP contribution in [0.15, 0.2) is 36.4 Å². The molecule has 146 valence electrons. The highest BCUT2D eigenvalue weighted by Crippen LogP contribution is 2.29. The quantitative estimate of drug-likeness (QED) is 0.703. The summed E-state index contributed by atoms with van der Waals surface area (Å²) in [6.07, 6.45) is 1.79. The molecule has 4 nitrogen and oxygen atoms in total. The summed E-state index contributed by atoms with van der Waals surface area (Å²) in [7, 11) is -3.13. The third-order valence-corrected chi connectivity index (χ3v) is 5.54. The molecule has 0 radical (unpaired) electrons. The number of aromatic hydroxyl groups is 1. The average Bonchev–Trinajstić information content (AvgIpc) is 2.51. The van der Waals surface area contributed by atoms with Gasteiger partial charge in [0, 0.05) is 17.7 Å². The van der Waals surface area contributed by atoms with Crippen molar-refractivity contribution in [1.82, 2.24) is 0 Å². The molecule has 0 aliphatic rings. The van der Waals surface area contributed by atoms with E-state index in [-0.39, 0.29) is 29.1 Å². The lowest BCUT2D eigenvalue weighted by molar-refractivity contribution is 0.0980. The summed E-state index contributed by atoms with van der Waals surface area (Å²) in [6, 6.07) is 10.2. The van der Waals surface area contributed by atoms with Crippen LogP contribution in [0.4, 0.5) is 0 Å². The molecule has 0 aromatic heterocycles. The molecule has 0 spiro atoms. The summed E-state index contributed by atoms with van der Waals surface area (Å²) >= 11 is 6.23. The Balaban J connectivity index is 2.10. The maximum atomic E-state index is 12.5. The number of carbonyl (C=O) groups excluding carboxylic acids is 1. The SMILES string of the molecule is CC(C)(C)c1ccc(C(=O)CCc2ccc(CS(C)(=O)=O)cc2Cl)c(O)c1. The largest absolute Gasteiger partial charge is 0.507 e. The Morgan fingerprint density at radius 1 is 1.11 bits per heavy atom. The zero-order chi connectivity index (χ0) is 20.4. The van der Waals surface area contributed by atoms with Gasteiger partial charge in [0.2, 0.25) is 0 Å². The van der Waals surface area contributed by atoms with Gasteiger partial charge in [0.15, 0.2) is 15.6 Å². The monoisotopic (exact) mass is 408 g/mol. The Labute approximate surface area is 166 Å². The number of halogens is 1. The van der Waals surface area contributed by atoms with Gasteiger partial charge in [-0.05, 0) is 46.7 Å². The first-order chi connectivity index (χ1) is 12.4.